The summed E-state index contributed by atoms with van der Waals surface area (Å²) in [5.74, 6) is 0.182. The zero-order valence-electron chi connectivity index (χ0n) is 9.86. The van der Waals surface area contributed by atoms with E-state index in [-0.39, 0.29) is 11.4 Å². The molecule has 3 nitrogen and oxygen atoms in total. The van der Waals surface area contributed by atoms with Crippen LogP contribution in [-0.4, -0.2) is 9.78 Å². The average Bonchev–Trinajstić information content (AvgIpc) is 2.40. The average molecular weight is 283 g/mol. The SMILES string of the molecule is CCn1nc(-c2ccc(Cl)cc2)cc(CCl)c1=O. The van der Waals surface area contributed by atoms with E-state index < -0.39 is 0 Å². The van der Waals surface area contributed by atoms with Crippen LogP contribution in [0.3, 0.4) is 0 Å². The van der Waals surface area contributed by atoms with Crippen molar-refractivity contribution in [2.75, 3.05) is 0 Å². The lowest BCUT2D eigenvalue weighted by atomic mass is 10.1. The van der Waals surface area contributed by atoms with Gasteiger partial charge in [-0.05, 0) is 25.1 Å². The van der Waals surface area contributed by atoms with Gasteiger partial charge in [0.25, 0.3) is 5.56 Å². The Kier molecular flexibility index (Phi) is 4.04. The van der Waals surface area contributed by atoms with Crippen molar-refractivity contribution >= 4 is 23.2 Å². The van der Waals surface area contributed by atoms with Gasteiger partial charge in [0.1, 0.15) is 0 Å². The topological polar surface area (TPSA) is 34.9 Å². The van der Waals surface area contributed by atoms with Gasteiger partial charge in [-0.15, -0.1) is 11.6 Å². The number of nitrogens with zero attached hydrogens (tertiary/aromatic N) is 2. The Hall–Kier alpha value is -1.32. The standard InChI is InChI=1S/C13H12Cl2N2O/c1-2-17-13(18)10(8-14)7-12(16-17)9-3-5-11(15)6-4-9/h3-7H,2,8H2,1H3. The molecule has 1 aromatic carbocycles. The van der Waals surface area contributed by atoms with Crippen LogP contribution in [0.4, 0.5) is 0 Å². The van der Waals surface area contributed by atoms with Crippen LogP contribution in [0, 0.1) is 0 Å². The second-order valence-electron chi connectivity index (χ2n) is 3.82. The van der Waals surface area contributed by atoms with Crippen LogP contribution < -0.4 is 5.56 Å². The Labute approximate surface area is 115 Å². The summed E-state index contributed by atoms with van der Waals surface area (Å²) in [4.78, 5) is 11.9. The van der Waals surface area contributed by atoms with Gasteiger partial charge in [0.15, 0.2) is 0 Å². The number of halogens is 2. The minimum Gasteiger partial charge on any atom is -0.267 e. The van der Waals surface area contributed by atoms with Gasteiger partial charge >= 0.3 is 0 Å². The molecule has 0 aliphatic rings. The first-order valence-corrected chi connectivity index (χ1v) is 6.50. The Bertz CT molecular complexity index is 577. The Morgan fingerprint density at radius 3 is 2.50 bits per heavy atom. The lowest BCUT2D eigenvalue weighted by molar-refractivity contribution is 0.613. The first-order valence-electron chi connectivity index (χ1n) is 5.58. The lowest BCUT2D eigenvalue weighted by Gasteiger charge is -2.07. The molecule has 0 aliphatic carbocycles. The van der Waals surface area contributed by atoms with E-state index in [0.29, 0.717) is 17.1 Å². The molecule has 0 radical (unpaired) electrons. The maximum absolute atomic E-state index is 11.9. The third kappa shape index (κ3) is 2.57. The predicted octanol–water partition coefficient (Wildman–Crippen LogP) is 3.32. The zero-order chi connectivity index (χ0) is 13.1. The van der Waals surface area contributed by atoms with Crippen molar-refractivity contribution in [2.45, 2.75) is 19.3 Å². The van der Waals surface area contributed by atoms with E-state index in [9.17, 15) is 4.79 Å². The molecule has 0 spiro atoms. The lowest BCUT2D eigenvalue weighted by Crippen LogP contribution is -2.25. The molecule has 0 amide bonds. The summed E-state index contributed by atoms with van der Waals surface area (Å²) in [5.41, 5.74) is 2.06. The molecule has 0 fully saturated rings. The minimum absolute atomic E-state index is 0.134. The summed E-state index contributed by atoms with van der Waals surface area (Å²) >= 11 is 11.6. The smallest absolute Gasteiger partial charge is 0.267 e. The minimum atomic E-state index is -0.134. The molecule has 94 valence electrons. The number of hydrogen-bond acceptors (Lipinski definition) is 2. The van der Waals surface area contributed by atoms with Crippen molar-refractivity contribution in [1.29, 1.82) is 0 Å². The summed E-state index contributed by atoms with van der Waals surface area (Å²) in [6.45, 7) is 2.39. The molecule has 0 atom stereocenters. The third-order valence-corrected chi connectivity index (χ3v) is 3.17. The molecule has 0 saturated carbocycles. The molecule has 18 heavy (non-hydrogen) atoms. The van der Waals surface area contributed by atoms with Crippen LogP contribution >= 0.6 is 23.2 Å². The largest absolute Gasteiger partial charge is 0.271 e. The van der Waals surface area contributed by atoms with E-state index in [1.807, 2.05) is 19.1 Å². The Morgan fingerprint density at radius 2 is 1.94 bits per heavy atom. The second kappa shape index (κ2) is 5.55. The van der Waals surface area contributed by atoms with Crippen molar-refractivity contribution in [3.8, 4) is 11.3 Å². The summed E-state index contributed by atoms with van der Waals surface area (Å²) in [5, 5.41) is 4.97. The quantitative estimate of drug-likeness (QED) is 0.810. The normalized spacial score (nSPS) is 10.6. The number of benzene rings is 1. The number of aromatic nitrogens is 2. The van der Waals surface area contributed by atoms with Crippen molar-refractivity contribution in [3.63, 3.8) is 0 Å². The molecule has 0 aliphatic heterocycles. The van der Waals surface area contributed by atoms with Crippen molar-refractivity contribution in [2.24, 2.45) is 0 Å². The Balaban J connectivity index is 2.57. The van der Waals surface area contributed by atoms with E-state index in [0.717, 1.165) is 11.3 Å². The monoisotopic (exact) mass is 282 g/mol. The molecule has 1 aromatic heterocycles. The maximum Gasteiger partial charge on any atom is 0.271 e. The van der Waals surface area contributed by atoms with Gasteiger partial charge in [0, 0.05) is 22.7 Å². The number of rotatable bonds is 3. The number of alkyl halides is 1. The van der Waals surface area contributed by atoms with Crippen LogP contribution in [0.5, 0.6) is 0 Å². The van der Waals surface area contributed by atoms with Crippen molar-refractivity contribution < 1.29 is 0 Å². The molecule has 2 rings (SSSR count). The van der Waals surface area contributed by atoms with Crippen LogP contribution in [0.15, 0.2) is 35.1 Å². The molecule has 0 bridgehead atoms. The first kappa shape index (κ1) is 13.1. The predicted molar refractivity (Wildman–Crippen MR) is 74.2 cm³/mol. The highest BCUT2D eigenvalue weighted by atomic mass is 35.5. The summed E-state index contributed by atoms with van der Waals surface area (Å²) < 4.78 is 1.42. The van der Waals surface area contributed by atoms with E-state index >= 15 is 0 Å². The van der Waals surface area contributed by atoms with Crippen molar-refractivity contribution in [3.05, 3.63) is 51.3 Å². The van der Waals surface area contributed by atoms with Crippen LogP contribution in [0.25, 0.3) is 11.3 Å². The van der Waals surface area contributed by atoms with Crippen molar-refractivity contribution in [1.82, 2.24) is 9.78 Å². The highest BCUT2D eigenvalue weighted by molar-refractivity contribution is 6.30. The van der Waals surface area contributed by atoms with Gasteiger partial charge in [-0.2, -0.15) is 5.10 Å². The summed E-state index contributed by atoms with van der Waals surface area (Å²) in [6.07, 6.45) is 0. The van der Waals surface area contributed by atoms with E-state index in [1.54, 1.807) is 18.2 Å². The molecule has 0 unspecified atom stereocenters. The molecule has 0 N–H and O–H groups in total. The zero-order valence-corrected chi connectivity index (χ0v) is 11.4. The molecular weight excluding hydrogens is 271 g/mol. The maximum atomic E-state index is 11.9. The fourth-order valence-corrected chi connectivity index (χ4v) is 1.99. The third-order valence-electron chi connectivity index (χ3n) is 2.63. The highest BCUT2D eigenvalue weighted by Gasteiger charge is 2.08. The highest BCUT2D eigenvalue weighted by Crippen LogP contribution is 2.19. The van der Waals surface area contributed by atoms with E-state index in [2.05, 4.69) is 5.10 Å². The van der Waals surface area contributed by atoms with Crippen LogP contribution in [-0.2, 0) is 12.4 Å². The van der Waals surface area contributed by atoms with E-state index in [1.165, 1.54) is 4.68 Å². The van der Waals surface area contributed by atoms with Gasteiger partial charge in [-0.25, -0.2) is 4.68 Å². The number of hydrogen-bond donors (Lipinski definition) is 0. The van der Waals surface area contributed by atoms with Gasteiger partial charge in [0.05, 0.1) is 11.6 Å². The van der Waals surface area contributed by atoms with E-state index in [4.69, 9.17) is 23.2 Å². The number of aryl methyl sites for hydroxylation is 1. The molecule has 0 saturated heterocycles. The van der Waals surface area contributed by atoms with Gasteiger partial charge in [-0.1, -0.05) is 23.7 Å². The summed E-state index contributed by atoms with van der Waals surface area (Å²) in [7, 11) is 0. The fourth-order valence-electron chi connectivity index (χ4n) is 1.67. The van der Waals surface area contributed by atoms with Gasteiger partial charge in [0.2, 0.25) is 0 Å². The summed E-state index contributed by atoms with van der Waals surface area (Å²) in [6, 6.07) is 9.05. The molecule has 5 heteroatoms. The molecule has 1 heterocycles. The molecular formula is C13H12Cl2N2O. The van der Waals surface area contributed by atoms with Crippen LogP contribution in [0.2, 0.25) is 5.02 Å². The Morgan fingerprint density at radius 1 is 1.28 bits per heavy atom. The van der Waals surface area contributed by atoms with Gasteiger partial charge in [-0.3, -0.25) is 4.79 Å². The second-order valence-corrected chi connectivity index (χ2v) is 4.52. The first-order chi connectivity index (χ1) is 8.65. The van der Waals surface area contributed by atoms with Gasteiger partial charge < -0.3 is 0 Å². The molecule has 2 aromatic rings. The fraction of sp³-hybridized carbons (Fsp3) is 0.231. The van der Waals surface area contributed by atoms with Crippen LogP contribution in [0.1, 0.15) is 12.5 Å².